The number of nitrogens with zero attached hydrogens (tertiary/aromatic N) is 2. The molecule has 138 valence electrons. The van der Waals surface area contributed by atoms with Crippen LogP contribution in [-0.2, 0) is 11.3 Å². The van der Waals surface area contributed by atoms with Crippen LogP contribution in [-0.4, -0.2) is 41.4 Å². The molecule has 0 bridgehead atoms. The first-order valence-corrected chi connectivity index (χ1v) is 9.44. The highest BCUT2D eigenvalue weighted by Gasteiger charge is 2.31. The molecule has 26 heavy (non-hydrogen) atoms. The van der Waals surface area contributed by atoms with Crippen molar-refractivity contribution in [1.82, 2.24) is 9.80 Å². The molecule has 1 unspecified atom stereocenters. The molecule has 0 spiro atoms. The van der Waals surface area contributed by atoms with Gasteiger partial charge >= 0.3 is 0 Å². The number of hydrogen-bond acceptors (Lipinski definition) is 2. The van der Waals surface area contributed by atoms with Gasteiger partial charge in [-0.25, -0.2) is 4.39 Å². The summed E-state index contributed by atoms with van der Waals surface area (Å²) in [6, 6.07) is 19.3. The van der Waals surface area contributed by atoms with Crippen molar-refractivity contribution >= 4 is 5.91 Å². The molecular formula is C22H27FN2O. The zero-order chi connectivity index (χ0) is 18.4. The number of benzene rings is 2. The molecule has 3 nitrogen and oxygen atoms in total. The smallest absolute Gasteiger partial charge is 0.262 e. The van der Waals surface area contributed by atoms with Gasteiger partial charge < -0.3 is 4.90 Å². The lowest BCUT2D eigenvalue weighted by molar-refractivity contribution is -0.140. The molecule has 0 aliphatic carbocycles. The Morgan fingerprint density at radius 1 is 1.08 bits per heavy atom. The van der Waals surface area contributed by atoms with Crippen molar-refractivity contribution in [3.8, 4) is 0 Å². The number of likely N-dealkylation sites (tertiary alicyclic amines) is 1. The molecule has 0 N–H and O–H groups in total. The van der Waals surface area contributed by atoms with Crippen LogP contribution in [0.4, 0.5) is 4.39 Å². The molecule has 2 aromatic carbocycles. The molecule has 1 aliphatic heterocycles. The van der Waals surface area contributed by atoms with E-state index < -0.39 is 12.1 Å². The summed E-state index contributed by atoms with van der Waals surface area (Å²) in [5.74, 6) is -0.403. The molecule has 0 radical (unpaired) electrons. The molecular weight excluding hydrogens is 327 g/mol. The average molecular weight is 354 g/mol. The monoisotopic (exact) mass is 354 g/mol. The van der Waals surface area contributed by atoms with Gasteiger partial charge in [0, 0.05) is 32.2 Å². The van der Waals surface area contributed by atoms with Crippen LogP contribution < -0.4 is 0 Å². The summed E-state index contributed by atoms with van der Waals surface area (Å²) >= 11 is 0. The summed E-state index contributed by atoms with van der Waals surface area (Å²) in [6.07, 6.45) is 0.223. The highest BCUT2D eigenvalue weighted by molar-refractivity contribution is 5.82. The second-order valence-corrected chi connectivity index (χ2v) is 6.89. The number of amides is 1. The maximum absolute atomic E-state index is 14.7. The van der Waals surface area contributed by atoms with Crippen LogP contribution >= 0.6 is 0 Å². The highest BCUT2D eigenvalue weighted by atomic mass is 19.1. The van der Waals surface area contributed by atoms with E-state index in [4.69, 9.17) is 0 Å². The minimum atomic E-state index is -1.57. The third-order valence-electron chi connectivity index (χ3n) is 5.18. The van der Waals surface area contributed by atoms with Gasteiger partial charge in [0.2, 0.25) is 6.17 Å². The van der Waals surface area contributed by atoms with E-state index in [9.17, 15) is 9.18 Å². The standard InChI is InChI=1S/C22H27FN2O/c1-2-25(22(26)21(23)19-11-7-4-8-12-19)20-13-15-24(16-14-20)17-18-9-5-3-6-10-18/h3-12,20-21H,2,13-17H2,1H3. The van der Waals surface area contributed by atoms with Crippen LogP contribution in [0.2, 0.25) is 0 Å². The molecule has 1 aliphatic rings. The van der Waals surface area contributed by atoms with Gasteiger partial charge in [-0.2, -0.15) is 0 Å². The summed E-state index contributed by atoms with van der Waals surface area (Å²) in [4.78, 5) is 16.8. The first kappa shape index (κ1) is 18.6. The van der Waals surface area contributed by atoms with E-state index in [0.717, 1.165) is 32.5 Å². The number of piperidine rings is 1. The highest BCUT2D eigenvalue weighted by Crippen LogP contribution is 2.25. The Labute approximate surface area is 155 Å². The number of halogens is 1. The van der Waals surface area contributed by atoms with E-state index in [-0.39, 0.29) is 6.04 Å². The van der Waals surface area contributed by atoms with Crippen molar-refractivity contribution in [2.75, 3.05) is 19.6 Å². The molecule has 1 fully saturated rings. The molecule has 1 saturated heterocycles. The van der Waals surface area contributed by atoms with Gasteiger partial charge in [-0.3, -0.25) is 9.69 Å². The average Bonchev–Trinajstić information content (AvgIpc) is 2.70. The van der Waals surface area contributed by atoms with Gasteiger partial charge in [0.15, 0.2) is 0 Å². The molecule has 3 rings (SSSR count). The van der Waals surface area contributed by atoms with E-state index in [2.05, 4.69) is 29.2 Å². The van der Waals surface area contributed by atoms with Crippen LogP contribution in [0.5, 0.6) is 0 Å². The van der Waals surface area contributed by atoms with Crippen molar-refractivity contribution in [2.45, 2.75) is 38.5 Å². The maximum atomic E-state index is 14.7. The second-order valence-electron chi connectivity index (χ2n) is 6.89. The summed E-state index contributed by atoms with van der Waals surface area (Å²) < 4.78 is 14.7. The van der Waals surface area contributed by atoms with E-state index in [1.807, 2.05) is 19.1 Å². The molecule has 1 amide bonds. The summed E-state index contributed by atoms with van der Waals surface area (Å²) in [7, 11) is 0. The van der Waals surface area contributed by atoms with Gasteiger partial charge in [-0.15, -0.1) is 0 Å². The van der Waals surface area contributed by atoms with E-state index in [1.165, 1.54) is 5.56 Å². The van der Waals surface area contributed by atoms with Crippen molar-refractivity contribution in [1.29, 1.82) is 0 Å². The Balaban J connectivity index is 1.57. The van der Waals surface area contributed by atoms with Crippen molar-refractivity contribution in [3.63, 3.8) is 0 Å². The fraction of sp³-hybridized carbons (Fsp3) is 0.409. The molecule has 4 heteroatoms. The first-order valence-electron chi connectivity index (χ1n) is 9.44. The lowest BCUT2D eigenvalue weighted by atomic mass is 10.0. The zero-order valence-corrected chi connectivity index (χ0v) is 15.4. The molecule has 0 saturated carbocycles. The predicted octanol–water partition coefficient (Wildman–Crippen LogP) is 4.21. The fourth-order valence-corrected chi connectivity index (χ4v) is 3.73. The second kappa shape index (κ2) is 8.95. The van der Waals surface area contributed by atoms with Crippen LogP contribution in [0.3, 0.4) is 0 Å². The van der Waals surface area contributed by atoms with Gasteiger partial charge in [0.05, 0.1) is 0 Å². The summed E-state index contributed by atoms with van der Waals surface area (Å²) in [6.45, 7) is 5.29. The van der Waals surface area contributed by atoms with E-state index in [0.29, 0.717) is 12.1 Å². The number of carbonyl (C=O) groups excluding carboxylic acids is 1. The Bertz CT molecular complexity index is 684. The Kier molecular flexibility index (Phi) is 6.40. The van der Waals surface area contributed by atoms with Crippen LogP contribution in [0.25, 0.3) is 0 Å². The van der Waals surface area contributed by atoms with Crippen molar-refractivity contribution in [2.24, 2.45) is 0 Å². The van der Waals surface area contributed by atoms with Gasteiger partial charge in [0.1, 0.15) is 0 Å². The minimum Gasteiger partial charge on any atom is -0.337 e. The molecule has 2 aromatic rings. The van der Waals surface area contributed by atoms with Gasteiger partial charge in [-0.05, 0) is 30.9 Å². The number of carbonyl (C=O) groups is 1. The lowest BCUT2D eigenvalue weighted by Gasteiger charge is -2.38. The Hall–Kier alpha value is -2.20. The van der Waals surface area contributed by atoms with Crippen LogP contribution in [0.15, 0.2) is 60.7 Å². The maximum Gasteiger partial charge on any atom is 0.262 e. The predicted molar refractivity (Wildman–Crippen MR) is 102 cm³/mol. The number of alkyl halides is 1. The fourth-order valence-electron chi connectivity index (χ4n) is 3.73. The van der Waals surface area contributed by atoms with Crippen molar-refractivity contribution in [3.05, 3.63) is 71.8 Å². The summed E-state index contributed by atoms with van der Waals surface area (Å²) in [5.41, 5.74) is 1.75. The largest absolute Gasteiger partial charge is 0.337 e. The van der Waals surface area contributed by atoms with Crippen LogP contribution in [0.1, 0.15) is 37.1 Å². The zero-order valence-electron chi connectivity index (χ0n) is 15.4. The Morgan fingerprint density at radius 3 is 2.23 bits per heavy atom. The van der Waals surface area contributed by atoms with E-state index in [1.54, 1.807) is 29.2 Å². The minimum absolute atomic E-state index is 0.126. The lowest BCUT2D eigenvalue weighted by Crippen LogP contribution is -2.48. The Morgan fingerprint density at radius 2 is 1.65 bits per heavy atom. The SMILES string of the molecule is CCN(C(=O)C(F)c1ccccc1)C1CCN(Cc2ccccc2)CC1. The van der Waals surface area contributed by atoms with Gasteiger partial charge in [-0.1, -0.05) is 60.7 Å². The normalized spacial score (nSPS) is 17.0. The number of hydrogen-bond donors (Lipinski definition) is 0. The molecule has 1 heterocycles. The molecule has 1 atom stereocenters. The number of likely N-dealkylation sites (N-methyl/N-ethyl adjacent to an activating group) is 1. The third kappa shape index (κ3) is 4.50. The quantitative estimate of drug-likeness (QED) is 0.776. The first-order chi connectivity index (χ1) is 12.7. The third-order valence-corrected chi connectivity index (χ3v) is 5.18. The van der Waals surface area contributed by atoms with Crippen molar-refractivity contribution < 1.29 is 9.18 Å². The van der Waals surface area contributed by atoms with Gasteiger partial charge in [0.25, 0.3) is 5.91 Å². The molecule has 0 aromatic heterocycles. The van der Waals surface area contributed by atoms with E-state index >= 15 is 0 Å². The number of rotatable bonds is 6. The summed E-state index contributed by atoms with van der Waals surface area (Å²) in [5, 5.41) is 0. The van der Waals surface area contributed by atoms with Crippen LogP contribution in [0, 0.1) is 0 Å². The topological polar surface area (TPSA) is 23.6 Å².